The number of esters is 1. The molecule has 0 spiro atoms. The fourth-order valence-electron chi connectivity index (χ4n) is 2.03. The van der Waals surface area contributed by atoms with E-state index in [2.05, 4.69) is 6.92 Å². The summed E-state index contributed by atoms with van der Waals surface area (Å²) in [7, 11) is 0. The highest BCUT2D eigenvalue weighted by atomic mass is 16.5. The van der Waals surface area contributed by atoms with E-state index >= 15 is 0 Å². The Morgan fingerprint density at radius 3 is 2.06 bits per heavy atom. The van der Waals surface area contributed by atoms with Crippen LogP contribution in [0.25, 0.3) is 0 Å². The van der Waals surface area contributed by atoms with Gasteiger partial charge in [-0.05, 0) is 25.7 Å². The van der Waals surface area contributed by atoms with Crippen LogP contribution >= 0.6 is 0 Å². The van der Waals surface area contributed by atoms with Gasteiger partial charge in [0.25, 0.3) is 0 Å². The molecule has 0 aromatic rings. The van der Waals surface area contributed by atoms with Gasteiger partial charge in [-0.15, -0.1) is 0 Å². The maximum atomic E-state index is 12.0. The van der Waals surface area contributed by atoms with E-state index in [4.69, 9.17) is 4.74 Å². The van der Waals surface area contributed by atoms with Crippen molar-refractivity contribution in [2.45, 2.75) is 67.2 Å². The van der Waals surface area contributed by atoms with Gasteiger partial charge in [-0.25, -0.2) is 4.79 Å². The number of ether oxygens (including phenoxy) is 1. The summed E-state index contributed by atoms with van der Waals surface area (Å²) in [5.41, 5.74) is 1.73. The van der Waals surface area contributed by atoms with Gasteiger partial charge >= 0.3 is 5.97 Å². The van der Waals surface area contributed by atoms with Crippen LogP contribution < -0.4 is 0 Å². The number of carbonyl (C=O) groups excluding carboxylic acids is 1. The minimum Gasteiger partial charge on any atom is -0.462 e. The van der Waals surface area contributed by atoms with E-state index in [1.54, 1.807) is 0 Å². The second-order valence-corrected chi connectivity index (χ2v) is 5.82. The summed E-state index contributed by atoms with van der Waals surface area (Å²) in [6.45, 7) is 12.8. The maximum absolute atomic E-state index is 12.0. The first-order valence-electron chi connectivity index (χ1n) is 6.65. The van der Waals surface area contributed by atoms with Crippen molar-refractivity contribution in [3.05, 3.63) is 11.1 Å². The van der Waals surface area contributed by atoms with Crippen LogP contribution in [0.1, 0.15) is 67.2 Å². The van der Waals surface area contributed by atoms with Crippen molar-refractivity contribution in [3.8, 4) is 0 Å². The summed E-state index contributed by atoms with van der Waals surface area (Å²) >= 11 is 0. The molecule has 0 unspecified atom stereocenters. The fraction of sp³-hybridized carbons (Fsp3) is 0.800. The molecule has 0 amide bonds. The third-order valence-corrected chi connectivity index (χ3v) is 2.69. The standard InChI is InChI=1S/C15H28O2/c1-7-8-9-10-11-17-14(16)13(12(2)3)15(4,5)6/h7-11H2,1-6H3. The molecule has 0 radical (unpaired) electrons. The van der Waals surface area contributed by atoms with Gasteiger partial charge in [0.1, 0.15) is 0 Å². The molecule has 0 fully saturated rings. The molecule has 0 heterocycles. The predicted molar refractivity (Wildman–Crippen MR) is 72.9 cm³/mol. The minimum absolute atomic E-state index is 0.140. The Labute approximate surface area is 106 Å². The van der Waals surface area contributed by atoms with Gasteiger partial charge in [0.05, 0.1) is 6.61 Å². The topological polar surface area (TPSA) is 26.3 Å². The highest BCUT2D eigenvalue weighted by molar-refractivity contribution is 5.90. The monoisotopic (exact) mass is 240 g/mol. The first-order chi connectivity index (χ1) is 7.80. The lowest BCUT2D eigenvalue weighted by Crippen LogP contribution is -2.22. The Hall–Kier alpha value is -0.790. The van der Waals surface area contributed by atoms with E-state index < -0.39 is 0 Å². The normalized spacial score (nSPS) is 11.2. The molecular formula is C15H28O2. The summed E-state index contributed by atoms with van der Waals surface area (Å²) in [5, 5.41) is 0. The second kappa shape index (κ2) is 7.52. The summed E-state index contributed by atoms with van der Waals surface area (Å²) in [4.78, 5) is 12.0. The number of hydrogen-bond acceptors (Lipinski definition) is 2. The van der Waals surface area contributed by atoms with Crippen LogP contribution in [0.5, 0.6) is 0 Å². The van der Waals surface area contributed by atoms with Gasteiger partial charge in [-0.3, -0.25) is 0 Å². The Morgan fingerprint density at radius 2 is 1.65 bits per heavy atom. The predicted octanol–water partition coefficient (Wildman–Crippen LogP) is 4.49. The quantitative estimate of drug-likeness (QED) is 0.388. The Bertz CT molecular complexity index is 265. The number of carbonyl (C=O) groups is 1. The van der Waals surface area contributed by atoms with Gasteiger partial charge < -0.3 is 4.74 Å². The molecule has 2 heteroatoms. The van der Waals surface area contributed by atoms with E-state index in [1.165, 1.54) is 12.8 Å². The SMILES string of the molecule is CCCCCCOC(=O)C(=C(C)C)C(C)(C)C. The van der Waals surface area contributed by atoms with Crippen LogP contribution in [0.4, 0.5) is 0 Å². The first-order valence-corrected chi connectivity index (χ1v) is 6.65. The summed E-state index contributed by atoms with van der Waals surface area (Å²) in [6.07, 6.45) is 4.53. The first kappa shape index (κ1) is 16.2. The molecule has 0 saturated carbocycles. The van der Waals surface area contributed by atoms with Crippen molar-refractivity contribution < 1.29 is 9.53 Å². The van der Waals surface area contributed by atoms with E-state index in [0.717, 1.165) is 24.0 Å². The smallest absolute Gasteiger partial charge is 0.334 e. The van der Waals surface area contributed by atoms with Crippen molar-refractivity contribution in [2.75, 3.05) is 6.61 Å². The number of hydrogen-bond donors (Lipinski definition) is 0. The number of allylic oxidation sites excluding steroid dienone is 1. The molecule has 100 valence electrons. The average Bonchev–Trinajstić information content (AvgIpc) is 2.14. The second-order valence-electron chi connectivity index (χ2n) is 5.82. The highest BCUT2D eigenvalue weighted by Crippen LogP contribution is 2.29. The molecule has 0 aliphatic heterocycles. The van der Waals surface area contributed by atoms with Gasteiger partial charge in [-0.2, -0.15) is 0 Å². The van der Waals surface area contributed by atoms with E-state index in [-0.39, 0.29) is 11.4 Å². The molecule has 0 atom stereocenters. The zero-order valence-corrected chi connectivity index (χ0v) is 12.4. The van der Waals surface area contributed by atoms with Crippen LogP contribution in [0, 0.1) is 5.41 Å². The van der Waals surface area contributed by atoms with Crippen molar-refractivity contribution in [3.63, 3.8) is 0 Å². The average molecular weight is 240 g/mol. The summed E-state index contributed by atoms with van der Waals surface area (Å²) < 4.78 is 5.34. The number of rotatable bonds is 6. The van der Waals surface area contributed by atoms with Crippen LogP contribution in [0.2, 0.25) is 0 Å². The van der Waals surface area contributed by atoms with Gasteiger partial charge in [0.2, 0.25) is 0 Å². The molecule has 0 aromatic carbocycles. The Morgan fingerprint density at radius 1 is 1.06 bits per heavy atom. The van der Waals surface area contributed by atoms with E-state index in [9.17, 15) is 4.79 Å². The largest absolute Gasteiger partial charge is 0.462 e. The third kappa shape index (κ3) is 6.50. The van der Waals surface area contributed by atoms with Gasteiger partial charge in [-0.1, -0.05) is 52.5 Å². The Kier molecular flexibility index (Phi) is 7.17. The fourth-order valence-corrected chi connectivity index (χ4v) is 2.03. The summed E-state index contributed by atoms with van der Waals surface area (Å²) in [5.74, 6) is -0.144. The van der Waals surface area contributed by atoms with Crippen molar-refractivity contribution in [2.24, 2.45) is 5.41 Å². The molecule has 0 rings (SSSR count). The lowest BCUT2D eigenvalue weighted by atomic mass is 9.84. The Balaban J connectivity index is 4.25. The van der Waals surface area contributed by atoms with E-state index in [1.807, 2.05) is 34.6 Å². The van der Waals surface area contributed by atoms with Crippen molar-refractivity contribution in [1.82, 2.24) is 0 Å². The number of unbranched alkanes of at least 4 members (excludes halogenated alkanes) is 3. The van der Waals surface area contributed by atoms with Gasteiger partial charge in [0.15, 0.2) is 0 Å². The van der Waals surface area contributed by atoms with Crippen LogP contribution in [0.3, 0.4) is 0 Å². The minimum atomic E-state index is -0.144. The molecular weight excluding hydrogens is 212 g/mol. The van der Waals surface area contributed by atoms with Crippen molar-refractivity contribution in [1.29, 1.82) is 0 Å². The summed E-state index contributed by atoms with van der Waals surface area (Å²) in [6, 6.07) is 0. The zero-order chi connectivity index (χ0) is 13.5. The van der Waals surface area contributed by atoms with Crippen molar-refractivity contribution >= 4 is 5.97 Å². The van der Waals surface area contributed by atoms with E-state index in [0.29, 0.717) is 6.61 Å². The molecule has 0 aliphatic carbocycles. The molecule has 2 nitrogen and oxygen atoms in total. The van der Waals surface area contributed by atoms with Crippen LogP contribution in [-0.2, 0) is 9.53 Å². The molecule has 0 saturated heterocycles. The lowest BCUT2D eigenvalue weighted by molar-refractivity contribution is -0.140. The van der Waals surface area contributed by atoms with Gasteiger partial charge in [0, 0.05) is 5.57 Å². The maximum Gasteiger partial charge on any atom is 0.334 e. The molecule has 0 aromatic heterocycles. The lowest BCUT2D eigenvalue weighted by Gasteiger charge is -2.23. The zero-order valence-electron chi connectivity index (χ0n) is 12.4. The highest BCUT2D eigenvalue weighted by Gasteiger charge is 2.26. The van der Waals surface area contributed by atoms with Crippen LogP contribution in [0.15, 0.2) is 11.1 Å². The molecule has 0 bridgehead atoms. The van der Waals surface area contributed by atoms with Crippen LogP contribution in [-0.4, -0.2) is 12.6 Å². The third-order valence-electron chi connectivity index (χ3n) is 2.69. The molecule has 17 heavy (non-hydrogen) atoms. The molecule has 0 aliphatic rings. The molecule has 0 N–H and O–H groups in total.